The Balaban J connectivity index is 1.77. The number of nitrogens with one attached hydrogen (secondary N) is 2. The summed E-state index contributed by atoms with van der Waals surface area (Å²) in [5.74, 6) is 1.67. The van der Waals surface area contributed by atoms with Gasteiger partial charge in [-0.1, -0.05) is 37.7 Å². The molecule has 2 N–H and O–H groups in total. The number of benzene rings is 1. The average molecular weight is 374 g/mol. The van der Waals surface area contributed by atoms with Crippen LogP contribution in [0.25, 0.3) is 10.9 Å². The molecule has 0 aliphatic heterocycles. The average Bonchev–Trinajstić information content (AvgIpc) is 2.58. The summed E-state index contributed by atoms with van der Waals surface area (Å²) in [6.07, 6.45) is 0. The molecule has 0 radical (unpaired) electrons. The maximum Gasteiger partial charge on any atom is 0.258 e. The minimum atomic E-state index is -0.170. The summed E-state index contributed by atoms with van der Waals surface area (Å²) in [5.41, 5.74) is 1.08. The second-order valence-corrected chi connectivity index (χ2v) is 8.25. The normalized spacial score (nSPS) is 11.3. The molecule has 6 nitrogen and oxygen atoms in total. The fraction of sp³-hybridized carbons (Fsp3) is 0.294. The minimum Gasteiger partial charge on any atom is -0.309 e. The molecule has 0 saturated carbocycles. The fourth-order valence-electron chi connectivity index (χ4n) is 2.22. The van der Waals surface area contributed by atoms with E-state index in [9.17, 15) is 9.59 Å². The molecule has 25 heavy (non-hydrogen) atoms. The summed E-state index contributed by atoms with van der Waals surface area (Å²) in [6.45, 7) is 4.21. The minimum absolute atomic E-state index is 0.162. The Bertz CT molecular complexity index is 998. The number of aromatic nitrogens is 4. The number of nitrogens with zero attached hydrogens (tertiary/aromatic N) is 2. The number of aromatic amines is 2. The number of para-hydroxylation sites is 1. The van der Waals surface area contributed by atoms with E-state index >= 15 is 0 Å². The van der Waals surface area contributed by atoms with Gasteiger partial charge in [0.25, 0.3) is 11.1 Å². The van der Waals surface area contributed by atoms with E-state index in [4.69, 9.17) is 0 Å². The molecule has 0 spiro atoms. The number of hydrogen-bond acceptors (Lipinski definition) is 6. The van der Waals surface area contributed by atoms with Gasteiger partial charge in [0.1, 0.15) is 5.82 Å². The fourth-order valence-corrected chi connectivity index (χ4v) is 3.63. The third kappa shape index (κ3) is 4.73. The van der Waals surface area contributed by atoms with Crippen LogP contribution in [-0.4, -0.2) is 25.2 Å². The molecule has 2 heterocycles. The van der Waals surface area contributed by atoms with E-state index in [1.54, 1.807) is 17.8 Å². The quantitative estimate of drug-likeness (QED) is 0.509. The van der Waals surface area contributed by atoms with Crippen LogP contribution in [-0.2, 0) is 11.5 Å². The van der Waals surface area contributed by atoms with Crippen molar-refractivity contribution in [3.63, 3.8) is 0 Å². The van der Waals surface area contributed by atoms with Gasteiger partial charge >= 0.3 is 0 Å². The molecule has 2 aromatic heterocycles. The van der Waals surface area contributed by atoms with E-state index < -0.39 is 0 Å². The second kappa shape index (κ2) is 7.88. The predicted molar refractivity (Wildman–Crippen MR) is 103 cm³/mol. The Hall–Kier alpha value is -2.06. The smallest absolute Gasteiger partial charge is 0.258 e. The van der Waals surface area contributed by atoms with Crippen molar-refractivity contribution in [2.45, 2.75) is 35.8 Å². The maximum atomic E-state index is 12.1. The molecule has 0 fully saturated rings. The van der Waals surface area contributed by atoms with E-state index in [1.807, 2.05) is 18.2 Å². The lowest BCUT2D eigenvalue weighted by atomic mass is 10.2. The Kier molecular flexibility index (Phi) is 5.60. The summed E-state index contributed by atoms with van der Waals surface area (Å²) < 4.78 is 0. The Labute approximate surface area is 152 Å². The first-order chi connectivity index (χ1) is 12.0. The summed E-state index contributed by atoms with van der Waals surface area (Å²) in [4.78, 5) is 38.3. The Morgan fingerprint density at radius 2 is 1.88 bits per heavy atom. The number of rotatable bonds is 6. The van der Waals surface area contributed by atoms with Gasteiger partial charge in [0.05, 0.1) is 22.3 Å². The van der Waals surface area contributed by atoms with Crippen LogP contribution in [0.5, 0.6) is 0 Å². The van der Waals surface area contributed by atoms with Gasteiger partial charge in [0.15, 0.2) is 5.16 Å². The van der Waals surface area contributed by atoms with E-state index in [0.29, 0.717) is 38.6 Å². The molecule has 0 saturated heterocycles. The highest BCUT2D eigenvalue weighted by molar-refractivity contribution is 7.99. The van der Waals surface area contributed by atoms with Crippen molar-refractivity contribution in [2.24, 2.45) is 0 Å². The van der Waals surface area contributed by atoms with Gasteiger partial charge in [-0.3, -0.25) is 9.59 Å². The SMILES string of the molecule is CC(C)SCc1cc(=O)[nH]c(SCc2nc3ccccc3c(=O)[nH]2)n1. The number of H-pyrrole nitrogens is 2. The third-order valence-electron chi connectivity index (χ3n) is 3.35. The van der Waals surface area contributed by atoms with Gasteiger partial charge in [-0.2, -0.15) is 11.8 Å². The van der Waals surface area contributed by atoms with E-state index in [1.165, 1.54) is 17.8 Å². The molecule has 0 unspecified atom stereocenters. The van der Waals surface area contributed by atoms with Crippen molar-refractivity contribution in [3.8, 4) is 0 Å². The Morgan fingerprint density at radius 1 is 1.08 bits per heavy atom. The van der Waals surface area contributed by atoms with Crippen molar-refractivity contribution >= 4 is 34.4 Å². The van der Waals surface area contributed by atoms with E-state index in [-0.39, 0.29) is 11.1 Å². The highest BCUT2D eigenvalue weighted by Gasteiger charge is 2.07. The highest BCUT2D eigenvalue weighted by atomic mass is 32.2. The lowest BCUT2D eigenvalue weighted by Crippen LogP contribution is -2.12. The van der Waals surface area contributed by atoms with Crippen molar-refractivity contribution < 1.29 is 0 Å². The van der Waals surface area contributed by atoms with Crippen molar-refractivity contribution in [1.82, 2.24) is 19.9 Å². The number of hydrogen-bond donors (Lipinski definition) is 2. The molecular weight excluding hydrogens is 356 g/mol. The molecule has 0 bridgehead atoms. The highest BCUT2D eigenvalue weighted by Crippen LogP contribution is 2.19. The molecule has 0 amide bonds. The summed E-state index contributed by atoms with van der Waals surface area (Å²) in [5, 5.41) is 1.57. The molecule has 0 aliphatic rings. The number of fused-ring (bicyclic) bond motifs is 1. The first-order valence-electron chi connectivity index (χ1n) is 7.84. The van der Waals surface area contributed by atoms with Crippen LogP contribution >= 0.6 is 23.5 Å². The van der Waals surface area contributed by atoms with E-state index in [0.717, 1.165) is 5.69 Å². The van der Waals surface area contributed by atoms with Gasteiger partial charge in [0, 0.05) is 11.8 Å². The largest absolute Gasteiger partial charge is 0.309 e. The van der Waals surface area contributed by atoms with Gasteiger partial charge in [-0.25, -0.2) is 9.97 Å². The zero-order valence-electron chi connectivity index (χ0n) is 13.9. The van der Waals surface area contributed by atoms with Crippen LogP contribution < -0.4 is 11.1 Å². The van der Waals surface area contributed by atoms with Gasteiger partial charge in [-0.15, -0.1) is 0 Å². The van der Waals surface area contributed by atoms with Crippen molar-refractivity contribution in [1.29, 1.82) is 0 Å². The van der Waals surface area contributed by atoms with E-state index in [2.05, 4.69) is 33.8 Å². The van der Waals surface area contributed by atoms with Crippen LogP contribution in [0.15, 0.2) is 45.1 Å². The summed E-state index contributed by atoms with van der Waals surface area (Å²) >= 11 is 3.08. The van der Waals surface area contributed by atoms with Gasteiger partial charge in [-0.05, 0) is 17.4 Å². The lowest BCUT2D eigenvalue weighted by Gasteiger charge is -2.06. The van der Waals surface area contributed by atoms with Crippen LogP contribution in [0.3, 0.4) is 0 Å². The monoisotopic (exact) mass is 374 g/mol. The Morgan fingerprint density at radius 3 is 2.68 bits per heavy atom. The topological polar surface area (TPSA) is 91.5 Å². The summed E-state index contributed by atoms with van der Waals surface area (Å²) in [7, 11) is 0. The second-order valence-electron chi connectivity index (χ2n) is 5.72. The molecule has 8 heteroatoms. The molecule has 3 aromatic rings. The molecule has 130 valence electrons. The lowest BCUT2D eigenvalue weighted by molar-refractivity contribution is 0.895. The van der Waals surface area contributed by atoms with Crippen LogP contribution in [0.2, 0.25) is 0 Å². The van der Waals surface area contributed by atoms with Crippen molar-refractivity contribution in [2.75, 3.05) is 0 Å². The summed E-state index contributed by atoms with van der Waals surface area (Å²) in [6, 6.07) is 8.73. The zero-order valence-corrected chi connectivity index (χ0v) is 15.5. The molecule has 1 aromatic carbocycles. The van der Waals surface area contributed by atoms with Gasteiger partial charge < -0.3 is 9.97 Å². The first kappa shape index (κ1) is 17.8. The van der Waals surface area contributed by atoms with Crippen LogP contribution in [0.1, 0.15) is 25.4 Å². The zero-order chi connectivity index (χ0) is 17.8. The van der Waals surface area contributed by atoms with Crippen LogP contribution in [0.4, 0.5) is 0 Å². The van der Waals surface area contributed by atoms with Crippen LogP contribution in [0, 0.1) is 0 Å². The molecule has 0 atom stereocenters. The van der Waals surface area contributed by atoms with Crippen molar-refractivity contribution in [3.05, 3.63) is 62.6 Å². The molecule has 3 rings (SSSR count). The maximum absolute atomic E-state index is 12.1. The molecular formula is C17H18N4O2S2. The number of thioether (sulfide) groups is 2. The first-order valence-corrected chi connectivity index (χ1v) is 9.87. The molecule has 0 aliphatic carbocycles. The third-order valence-corrected chi connectivity index (χ3v) is 5.36. The van der Waals surface area contributed by atoms with Gasteiger partial charge in [0.2, 0.25) is 0 Å². The predicted octanol–water partition coefficient (Wildman–Crippen LogP) is 2.94. The standard InChI is InChI=1S/C17H18N4O2S2/c1-10(2)24-8-11-7-15(22)21-17(18-11)25-9-14-19-13-6-4-3-5-12(13)16(23)20-14/h3-7,10H,8-9H2,1-2H3,(H,18,21,22)(H,19,20,23).